The van der Waals surface area contributed by atoms with E-state index in [4.69, 9.17) is 4.74 Å². The van der Waals surface area contributed by atoms with Gasteiger partial charge in [-0.25, -0.2) is 0 Å². The standard InChI is InChI=1S/C26H26N2O4/c1-27(2)15-16-28-23(18-11-13-19(32-3)14-12-18)22(25(30)26(28)31)24(29)21-10-6-8-17-7-4-5-9-20(17)21/h4-14,23,29H,15-16H2,1-3H3/b24-22-. The van der Waals surface area contributed by atoms with Crippen molar-refractivity contribution < 1.29 is 19.4 Å². The molecule has 6 nitrogen and oxygen atoms in total. The molecule has 1 heterocycles. The van der Waals surface area contributed by atoms with Crippen LogP contribution in [0.2, 0.25) is 0 Å². The van der Waals surface area contributed by atoms with Gasteiger partial charge in [0.05, 0.1) is 18.7 Å². The molecule has 1 aliphatic rings. The fraction of sp³-hybridized carbons (Fsp3) is 0.231. The highest BCUT2D eigenvalue weighted by molar-refractivity contribution is 6.46. The van der Waals surface area contributed by atoms with Crippen molar-refractivity contribution in [2.45, 2.75) is 6.04 Å². The van der Waals surface area contributed by atoms with Gasteiger partial charge < -0.3 is 19.6 Å². The van der Waals surface area contributed by atoms with Crippen molar-refractivity contribution in [3.8, 4) is 5.75 Å². The number of amides is 1. The second-order valence-corrected chi connectivity index (χ2v) is 8.10. The maximum absolute atomic E-state index is 13.2. The normalized spacial score (nSPS) is 18.0. The smallest absolute Gasteiger partial charge is 0.295 e. The molecule has 1 aliphatic heterocycles. The lowest BCUT2D eigenvalue weighted by Crippen LogP contribution is -2.35. The number of likely N-dealkylation sites (tertiary alicyclic amines) is 1. The van der Waals surface area contributed by atoms with Crippen LogP contribution in [0.1, 0.15) is 17.2 Å². The number of aliphatic hydroxyl groups is 1. The quantitative estimate of drug-likeness (QED) is 0.366. The Hall–Kier alpha value is -3.64. The number of ether oxygens (including phenoxy) is 1. The number of methoxy groups -OCH3 is 1. The van der Waals surface area contributed by atoms with Crippen molar-refractivity contribution in [3.05, 3.63) is 83.4 Å². The number of nitrogens with zero attached hydrogens (tertiary/aromatic N) is 2. The molecular weight excluding hydrogens is 404 g/mol. The van der Waals surface area contributed by atoms with Gasteiger partial charge in [-0.1, -0.05) is 54.6 Å². The van der Waals surface area contributed by atoms with Crippen LogP contribution in [0.25, 0.3) is 16.5 Å². The molecular formula is C26H26N2O4. The van der Waals surface area contributed by atoms with Crippen LogP contribution in [0.15, 0.2) is 72.3 Å². The SMILES string of the molecule is COc1ccc(C2/C(=C(/O)c3cccc4ccccc34)C(=O)C(=O)N2CCN(C)C)cc1. The molecule has 6 heteroatoms. The number of rotatable bonds is 6. The summed E-state index contributed by atoms with van der Waals surface area (Å²) in [6.45, 7) is 0.953. The summed E-state index contributed by atoms with van der Waals surface area (Å²) in [5, 5.41) is 13.1. The summed E-state index contributed by atoms with van der Waals surface area (Å²) in [6, 6.07) is 19.8. The molecule has 0 aromatic heterocycles. The zero-order valence-corrected chi connectivity index (χ0v) is 18.4. The largest absolute Gasteiger partial charge is 0.507 e. The molecule has 1 saturated heterocycles. The van der Waals surface area contributed by atoms with Crippen LogP contribution in [0.5, 0.6) is 5.75 Å². The van der Waals surface area contributed by atoms with Gasteiger partial charge in [-0.05, 0) is 42.6 Å². The fourth-order valence-corrected chi connectivity index (χ4v) is 4.13. The maximum atomic E-state index is 13.2. The molecule has 0 spiro atoms. The number of hydrogen-bond acceptors (Lipinski definition) is 5. The Labute approximate surface area is 187 Å². The van der Waals surface area contributed by atoms with Crippen LogP contribution in [0.3, 0.4) is 0 Å². The highest BCUT2D eigenvalue weighted by Crippen LogP contribution is 2.40. The van der Waals surface area contributed by atoms with Crippen molar-refractivity contribution in [2.24, 2.45) is 0 Å². The van der Waals surface area contributed by atoms with E-state index >= 15 is 0 Å². The predicted molar refractivity (Wildman–Crippen MR) is 125 cm³/mol. The number of likely N-dealkylation sites (N-methyl/N-ethyl adjacent to an activating group) is 1. The third-order valence-corrected chi connectivity index (χ3v) is 5.80. The average molecular weight is 431 g/mol. The van der Waals surface area contributed by atoms with Gasteiger partial charge in [0.25, 0.3) is 11.7 Å². The lowest BCUT2D eigenvalue weighted by Gasteiger charge is -2.26. The molecule has 0 bridgehead atoms. The summed E-state index contributed by atoms with van der Waals surface area (Å²) in [7, 11) is 5.41. The van der Waals surface area contributed by atoms with Gasteiger partial charge in [0, 0.05) is 18.7 Å². The molecule has 4 rings (SSSR count). The van der Waals surface area contributed by atoms with Crippen LogP contribution >= 0.6 is 0 Å². The van der Waals surface area contributed by atoms with Crippen LogP contribution in [-0.2, 0) is 9.59 Å². The van der Waals surface area contributed by atoms with Gasteiger partial charge in [0.15, 0.2) is 0 Å². The Morgan fingerprint density at radius 3 is 2.38 bits per heavy atom. The molecule has 164 valence electrons. The second-order valence-electron chi connectivity index (χ2n) is 8.10. The lowest BCUT2D eigenvalue weighted by molar-refractivity contribution is -0.140. The van der Waals surface area contributed by atoms with E-state index in [0.29, 0.717) is 24.4 Å². The van der Waals surface area contributed by atoms with Gasteiger partial charge in [-0.3, -0.25) is 9.59 Å². The van der Waals surface area contributed by atoms with E-state index in [9.17, 15) is 14.7 Å². The summed E-state index contributed by atoms with van der Waals surface area (Å²) < 4.78 is 5.26. The Balaban J connectivity index is 1.90. The number of hydrogen-bond donors (Lipinski definition) is 1. The molecule has 1 N–H and O–H groups in total. The first-order valence-electron chi connectivity index (χ1n) is 10.5. The molecule has 1 fully saturated rings. The first-order valence-corrected chi connectivity index (χ1v) is 10.5. The number of ketones is 1. The van der Waals surface area contributed by atoms with Crippen LogP contribution in [-0.4, -0.2) is 60.9 Å². The molecule has 3 aromatic rings. The van der Waals surface area contributed by atoms with E-state index in [1.165, 1.54) is 0 Å². The van der Waals surface area contributed by atoms with Crippen molar-refractivity contribution in [1.29, 1.82) is 0 Å². The summed E-state index contributed by atoms with van der Waals surface area (Å²) in [6.07, 6.45) is 0. The summed E-state index contributed by atoms with van der Waals surface area (Å²) in [4.78, 5) is 29.7. The van der Waals surface area contributed by atoms with Crippen LogP contribution < -0.4 is 4.74 Å². The summed E-state index contributed by atoms with van der Waals surface area (Å²) in [5.41, 5.74) is 1.38. The molecule has 1 amide bonds. The molecule has 0 saturated carbocycles. The Morgan fingerprint density at radius 2 is 1.69 bits per heavy atom. The first-order chi connectivity index (χ1) is 15.4. The third kappa shape index (κ3) is 3.85. The molecule has 0 radical (unpaired) electrons. The third-order valence-electron chi connectivity index (χ3n) is 5.80. The second kappa shape index (κ2) is 8.85. The van der Waals surface area contributed by atoms with E-state index in [0.717, 1.165) is 16.3 Å². The minimum Gasteiger partial charge on any atom is -0.507 e. The zero-order chi connectivity index (χ0) is 22.8. The molecule has 1 unspecified atom stereocenters. The van der Waals surface area contributed by atoms with Gasteiger partial charge in [-0.2, -0.15) is 0 Å². The van der Waals surface area contributed by atoms with Gasteiger partial charge in [-0.15, -0.1) is 0 Å². The molecule has 32 heavy (non-hydrogen) atoms. The molecule has 0 aliphatic carbocycles. The summed E-state index contributed by atoms with van der Waals surface area (Å²) >= 11 is 0. The molecule has 1 atom stereocenters. The van der Waals surface area contributed by atoms with Gasteiger partial charge >= 0.3 is 0 Å². The van der Waals surface area contributed by atoms with Crippen molar-refractivity contribution in [3.63, 3.8) is 0 Å². The number of fused-ring (bicyclic) bond motifs is 1. The number of benzene rings is 3. The lowest BCUT2D eigenvalue weighted by atomic mass is 9.93. The number of aliphatic hydroxyl groups excluding tert-OH is 1. The Kier molecular flexibility index (Phi) is 5.97. The topological polar surface area (TPSA) is 70.1 Å². The molecule has 3 aromatic carbocycles. The van der Waals surface area contributed by atoms with Gasteiger partial charge in [0.2, 0.25) is 0 Å². The van der Waals surface area contributed by atoms with Crippen molar-refractivity contribution >= 4 is 28.2 Å². The van der Waals surface area contributed by atoms with Crippen molar-refractivity contribution in [1.82, 2.24) is 9.80 Å². The fourth-order valence-electron chi connectivity index (χ4n) is 4.13. The number of carbonyl (C=O) groups excluding carboxylic acids is 2. The van der Waals surface area contributed by atoms with E-state index in [1.807, 2.05) is 67.5 Å². The highest BCUT2D eigenvalue weighted by atomic mass is 16.5. The minimum atomic E-state index is -0.681. The average Bonchev–Trinajstić information content (AvgIpc) is 3.06. The Bertz CT molecular complexity index is 1190. The minimum absolute atomic E-state index is 0.107. The van der Waals surface area contributed by atoms with E-state index in [-0.39, 0.29) is 11.3 Å². The van der Waals surface area contributed by atoms with Crippen molar-refractivity contribution in [2.75, 3.05) is 34.3 Å². The first kappa shape index (κ1) is 21.6. The van der Waals surface area contributed by atoms with Gasteiger partial charge in [0.1, 0.15) is 11.5 Å². The van der Waals surface area contributed by atoms with E-state index < -0.39 is 17.7 Å². The van der Waals surface area contributed by atoms with Crippen LogP contribution in [0, 0.1) is 0 Å². The maximum Gasteiger partial charge on any atom is 0.295 e. The highest BCUT2D eigenvalue weighted by Gasteiger charge is 2.46. The Morgan fingerprint density at radius 1 is 1.00 bits per heavy atom. The predicted octanol–water partition coefficient (Wildman–Crippen LogP) is 3.83. The van der Waals surface area contributed by atoms with Crippen LogP contribution in [0.4, 0.5) is 0 Å². The van der Waals surface area contributed by atoms with E-state index in [2.05, 4.69) is 0 Å². The number of carbonyl (C=O) groups is 2. The summed E-state index contributed by atoms with van der Waals surface area (Å²) in [5.74, 6) is -0.758. The van der Waals surface area contributed by atoms with E-state index in [1.54, 1.807) is 30.2 Å². The zero-order valence-electron chi connectivity index (χ0n) is 18.4. The number of Topliss-reactive ketones (excluding diaryl/α,β-unsaturated/α-hetero) is 1. The monoisotopic (exact) mass is 430 g/mol.